The number of rotatable bonds is 4. The van der Waals surface area contributed by atoms with Gasteiger partial charge in [-0.05, 0) is 13.3 Å². The molecular weight excluding hydrogens is 322 g/mol. The van der Waals surface area contributed by atoms with Crippen molar-refractivity contribution in [2.75, 3.05) is 13.1 Å². The molecular formula is C14H18ClN5O3. The van der Waals surface area contributed by atoms with E-state index in [2.05, 4.69) is 10.3 Å². The number of aliphatic carboxylic acids is 1. The third-order valence-electron chi connectivity index (χ3n) is 4.13. The standard InChI is InChI=1S/C14H18ClN5O3/c1-8-5-10(18-23-8)11-9(12(15)19(2)17-11)6-20-4-3-14(16,7-20)13(21)22/h5H,3-4,6-7,16H2,1-2H3,(H,21,22)/t14-/m1/s1. The number of halogens is 1. The monoisotopic (exact) mass is 339 g/mol. The third-order valence-corrected chi connectivity index (χ3v) is 4.60. The van der Waals surface area contributed by atoms with Crippen molar-refractivity contribution in [3.05, 3.63) is 22.5 Å². The molecule has 124 valence electrons. The van der Waals surface area contributed by atoms with Gasteiger partial charge in [-0.3, -0.25) is 14.4 Å². The summed E-state index contributed by atoms with van der Waals surface area (Å²) in [7, 11) is 1.75. The van der Waals surface area contributed by atoms with Gasteiger partial charge in [-0.25, -0.2) is 0 Å². The van der Waals surface area contributed by atoms with Crippen molar-refractivity contribution in [3.63, 3.8) is 0 Å². The Morgan fingerprint density at radius 1 is 1.61 bits per heavy atom. The summed E-state index contributed by atoms with van der Waals surface area (Å²) >= 11 is 6.35. The molecule has 3 heterocycles. The molecule has 8 nitrogen and oxygen atoms in total. The van der Waals surface area contributed by atoms with Crippen molar-refractivity contribution in [1.29, 1.82) is 0 Å². The number of nitrogens with two attached hydrogens (primary N) is 1. The lowest BCUT2D eigenvalue weighted by Crippen LogP contribution is -2.50. The number of carboxylic acid groups (broad SMARTS) is 1. The summed E-state index contributed by atoms with van der Waals surface area (Å²) in [5.74, 6) is -0.301. The number of nitrogens with zero attached hydrogens (tertiary/aromatic N) is 4. The van der Waals surface area contributed by atoms with E-state index in [4.69, 9.17) is 21.9 Å². The molecule has 2 aromatic heterocycles. The summed E-state index contributed by atoms with van der Waals surface area (Å²) in [6, 6.07) is 1.79. The minimum Gasteiger partial charge on any atom is -0.480 e. The maximum Gasteiger partial charge on any atom is 0.325 e. The molecule has 1 aliphatic heterocycles. The van der Waals surface area contributed by atoms with Crippen LogP contribution in [-0.2, 0) is 18.4 Å². The molecule has 2 aromatic rings. The molecule has 9 heteroatoms. The fourth-order valence-electron chi connectivity index (χ4n) is 2.82. The van der Waals surface area contributed by atoms with Gasteiger partial charge in [-0.1, -0.05) is 16.8 Å². The molecule has 0 radical (unpaired) electrons. The van der Waals surface area contributed by atoms with Gasteiger partial charge >= 0.3 is 5.97 Å². The molecule has 3 rings (SSSR count). The zero-order valence-corrected chi connectivity index (χ0v) is 13.7. The van der Waals surface area contributed by atoms with E-state index in [0.29, 0.717) is 41.8 Å². The molecule has 0 spiro atoms. The second kappa shape index (κ2) is 5.63. The van der Waals surface area contributed by atoms with Crippen LogP contribution in [0.4, 0.5) is 0 Å². The summed E-state index contributed by atoms with van der Waals surface area (Å²) in [6.45, 7) is 3.12. The Balaban J connectivity index is 1.88. The fraction of sp³-hybridized carbons (Fsp3) is 0.500. The minimum absolute atomic E-state index is 0.269. The van der Waals surface area contributed by atoms with Gasteiger partial charge in [0.25, 0.3) is 0 Å². The first kappa shape index (κ1) is 16.0. The maximum atomic E-state index is 11.3. The number of hydrogen-bond donors (Lipinski definition) is 2. The van der Waals surface area contributed by atoms with E-state index in [9.17, 15) is 9.90 Å². The molecule has 1 fully saturated rings. The van der Waals surface area contributed by atoms with Crippen LogP contribution in [0, 0.1) is 6.92 Å². The predicted molar refractivity (Wildman–Crippen MR) is 82.9 cm³/mol. The van der Waals surface area contributed by atoms with Crippen molar-refractivity contribution < 1.29 is 14.4 Å². The summed E-state index contributed by atoms with van der Waals surface area (Å²) in [5, 5.41) is 18.1. The normalized spacial score (nSPS) is 21.9. The lowest BCUT2D eigenvalue weighted by molar-refractivity contribution is -0.142. The van der Waals surface area contributed by atoms with E-state index >= 15 is 0 Å². The quantitative estimate of drug-likeness (QED) is 0.855. The molecule has 0 amide bonds. The van der Waals surface area contributed by atoms with Gasteiger partial charge in [0.15, 0.2) is 0 Å². The van der Waals surface area contributed by atoms with E-state index in [-0.39, 0.29) is 6.54 Å². The Hall–Kier alpha value is -1.90. The van der Waals surface area contributed by atoms with Crippen LogP contribution >= 0.6 is 11.6 Å². The van der Waals surface area contributed by atoms with Gasteiger partial charge < -0.3 is 15.4 Å². The Kier molecular flexibility index (Phi) is 3.91. The SMILES string of the molecule is Cc1cc(-c2nn(C)c(Cl)c2CN2CC[C@](N)(C(=O)O)C2)no1. The van der Waals surface area contributed by atoms with E-state index in [1.807, 2.05) is 4.90 Å². The summed E-state index contributed by atoms with van der Waals surface area (Å²) < 4.78 is 6.67. The number of carboxylic acids is 1. The van der Waals surface area contributed by atoms with Gasteiger partial charge in [-0.15, -0.1) is 0 Å². The van der Waals surface area contributed by atoms with Gasteiger partial charge in [0.2, 0.25) is 0 Å². The van der Waals surface area contributed by atoms with Crippen LogP contribution in [0.25, 0.3) is 11.4 Å². The van der Waals surface area contributed by atoms with E-state index in [1.54, 1.807) is 24.7 Å². The van der Waals surface area contributed by atoms with E-state index in [0.717, 1.165) is 5.56 Å². The van der Waals surface area contributed by atoms with Crippen molar-refractivity contribution >= 4 is 17.6 Å². The minimum atomic E-state index is -1.21. The number of carbonyl (C=O) groups is 1. The molecule has 1 saturated heterocycles. The van der Waals surface area contributed by atoms with Crippen LogP contribution < -0.4 is 5.73 Å². The lowest BCUT2D eigenvalue weighted by Gasteiger charge is -2.20. The van der Waals surface area contributed by atoms with Crippen molar-refractivity contribution in [2.24, 2.45) is 12.8 Å². The largest absolute Gasteiger partial charge is 0.480 e. The van der Waals surface area contributed by atoms with E-state index < -0.39 is 11.5 Å². The van der Waals surface area contributed by atoms with Crippen molar-refractivity contribution in [3.8, 4) is 11.4 Å². The third kappa shape index (κ3) is 2.85. The van der Waals surface area contributed by atoms with Crippen LogP contribution in [0.1, 0.15) is 17.7 Å². The molecule has 23 heavy (non-hydrogen) atoms. The van der Waals surface area contributed by atoms with Crippen LogP contribution in [-0.4, -0.2) is 49.5 Å². The van der Waals surface area contributed by atoms with Crippen LogP contribution in [0.2, 0.25) is 5.15 Å². The van der Waals surface area contributed by atoms with Gasteiger partial charge in [0.1, 0.15) is 27.8 Å². The van der Waals surface area contributed by atoms with Crippen molar-refractivity contribution in [1.82, 2.24) is 19.8 Å². The topological polar surface area (TPSA) is 110 Å². The van der Waals surface area contributed by atoms with Crippen LogP contribution in [0.5, 0.6) is 0 Å². The Morgan fingerprint density at radius 2 is 2.35 bits per heavy atom. The van der Waals surface area contributed by atoms with Gasteiger partial charge in [0, 0.05) is 38.3 Å². The second-order valence-electron chi connectivity index (χ2n) is 5.99. The molecule has 0 saturated carbocycles. The number of aromatic nitrogens is 3. The molecule has 0 aliphatic carbocycles. The van der Waals surface area contributed by atoms with Crippen LogP contribution in [0.3, 0.4) is 0 Å². The zero-order valence-electron chi connectivity index (χ0n) is 12.9. The van der Waals surface area contributed by atoms with Gasteiger partial charge in [-0.2, -0.15) is 5.10 Å². The zero-order chi connectivity index (χ0) is 16.8. The second-order valence-corrected chi connectivity index (χ2v) is 6.34. The van der Waals surface area contributed by atoms with Crippen molar-refractivity contribution in [2.45, 2.75) is 25.4 Å². The number of hydrogen-bond acceptors (Lipinski definition) is 6. The van der Waals surface area contributed by atoms with Crippen LogP contribution in [0.15, 0.2) is 10.6 Å². The molecule has 1 aliphatic rings. The highest BCUT2D eigenvalue weighted by Gasteiger charge is 2.41. The first-order valence-electron chi connectivity index (χ1n) is 7.20. The molecule has 0 bridgehead atoms. The summed E-state index contributed by atoms with van der Waals surface area (Å²) in [5.41, 5.74) is 6.75. The summed E-state index contributed by atoms with van der Waals surface area (Å²) in [6.07, 6.45) is 0.401. The number of aryl methyl sites for hydroxylation is 2. The first-order valence-corrected chi connectivity index (χ1v) is 7.57. The molecule has 1 atom stereocenters. The maximum absolute atomic E-state index is 11.3. The Labute approximate surface area is 137 Å². The highest BCUT2D eigenvalue weighted by molar-refractivity contribution is 6.30. The smallest absolute Gasteiger partial charge is 0.325 e. The summed E-state index contributed by atoms with van der Waals surface area (Å²) in [4.78, 5) is 13.2. The van der Waals surface area contributed by atoms with E-state index in [1.165, 1.54) is 0 Å². The molecule has 0 aromatic carbocycles. The highest BCUT2D eigenvalue weighted by atomic mass is 35.5. The Bertz CT molecular complexity index is 756. The molecule has 3 N–H and O–H groups in total. The fourth-order valence-corrected chi connectivity index (χ4v) is 3.01. The molecule has 0 unspecified atom stereocenters. The first-order chi connectivity index (χ1) is 10.8. The number of likely N-dealkylation sites (tertiary alicyclic amines) is 1. The average Bonchev–Trinajstić information content (AvgIpc) is 3.15. The van der Waals surface area contributed by atoms with Gasteiger partial charge in [0.05, 0.1) is 0 Å². The lowest BCUT2D eigenvalue weighted by atomic mass is 10.0. The Morgan fingerprint density at radius 3 is 2.91 bits per heavy atom. The average molecular weight is 340 g/mol. The predicted octanol–water partition coefficient (Wildman–Crippen LogP) is 1.02. The highest BCUT2D eigenvalue weighted by Crippen LogP contribution is 2.31.